The van der Waals surface area contributed by atoms with Crippen LogP contribution in [0.3, 0.4) is 0 Å². The number of benzene rings is 1. The van der Waals surface area contributed by atoms with Crippen molar-refractivity contribution in [3.63, 3.8) is 0 Å². The maximum Gasteiger partial charge on any atom is 0.305 e. The number of carboxylic acids is 1. The molecule has 1 heterocycles. The predicted octanol–water partition coefficient (Wildman–Crippen LogP) is 2.97. The normalized spacial score (nSPS) is 10.2. The zero-order valence-electron chi connectivity index (χ0n) is 13.2. The third kappa shape index (κ3) is 4.42. The van der Waals surface area contributed by atoms with Crippen LogP contribution in [0.2, 0.25) is 0 Å². The Labute approximate surface area is 143 Å². The Morgan fingerprint density at radius 1 is 1.17 bits per heavy atom. The summed E-state index contributed by atoms with van der Waals surface area (Å²) in [6, 6.07) is 9.36. The summed E-state index contributed by atoms with van der Waals surface area (Å²) in [5.41, 5.74) is 1.92. The molecule has 7 heteroatoms. The first-order chi connectivity index (χ1) is 11.5. The van der Waals surface area contributed by atoms with E-state index in [4.69, 9.17) is 5.11 Å². The second kappa shape index (κ2) is 8.26. The first-order valence-corrected chi connectivity index (χ1v) is 8.37. The molecule has 0 aliphatic heterocycles. The number of carboxylic acid groups (broad SMARTS) is 1. The summed E-state index contributed by atoms with van der Waals surface area (Å²) in [7, 11) is 0. The van der Waals surface area contributed by atoms with Crippen molar-refractivity contribution in [1.29, 1.82) is 0 Å². The highest BCUT2D eigenvalue weighted by Crippen LogP contribution is 2.35. The van der Waals surface area contributed by atoms with Gasteiger partial charge in [-0.1, -0.05) is 37.3 Å². The molecule has 0 spiro atoms. The molecule has 0 radical (unpaired) electrons. The summed E-state index contributed by atoms with van der Waals surface area (Å²) < 4.78 is 0. The third-order valence-electron chi connectivity index (χ3n) is 3.30. The number of anilines is 1. The number of hydrogen-bond acceptors (Lipinski definition) is 4. The lowest BCUT2D eigenvalue weighted by molar-refractivity contribution is -0.136. The van der Waals surface area contributed by atoms with E-state index in [1.54, 1.807) is 6.92 Å². The largest absolute Gasteiger partial charge is 0.481 e. The Morgan fingerprint density at radius 3 is 2.50 bits per heavy atom. The minimum atomic E-state index is -0.983. The molecule has 2 amide bonds. The highest BCUT2D eigenvalue weighted by Gasteiger charge is 2.21. The van der Waals surface area contributed by atoms with E-state index < -0.39 is 11.9 Å². The van der Waals surface area contributed by atoms with E-state index in [-0.39, 0.29) is 18.9 Å². The summed E-state index contributed by atoms with van der Waals surface area (Å²) >= 11 is 1.27. The smallest absolute Gasteiger partial charge is 0.305 e. The van der Waals surface area contributed by atoms with E-state index in [1.165, 1.54) is 11.3 Å². The molecule has 0 saturated carbocycles. The molecule has 1 aromatic carbocycles. The third-order valence-corrected chi connectivity index (χ3v) is 4.20. The second-order valence-corrected chi connectivity index (χ2v) is 5.90. The van der Waals surface area contributed by atoms with E-state index in [2.05, 4.69) is 10.6 Å². The van der Waals surface area contributed by atoms with E-state index in [0.29, 0.717) is 22.5 Å². The van der Waals surface area contributed by atoms with Crippen molar-refractivity contribution in [2.24, 2.45) is 0 Å². The quantitative estimate of drug-likeness (QED) is 0.718. The van der Waals surface area contributed by atoms with Crippen LogP contribution in [0.15, 0.2) is 35.7 Å². The molecule has 0 fully saturated rings. The van der Waals surface area contributed by atoms with E-state index in [0.717, 1.165) is 5.56 Å². The summed E-state index contributed by atoms with van der Waals surface area (Å²) in [6.45, 7) is 1.76. The fourth-order valence-electron chi connectivity index (χ4n) is 2.09. The minimum absolute atomic E-state index is 0.0272. The van der Waals surface area contributed by atoms with Crippen LogP contribution in [-0.4, -0.2) is 29.4 Å². The van der Waals surface area contributed by atoms with E-state index in [1.807, 2.05) is 35.7 Å². The number of hydrogen-bond donors (Lipinski definition) is 3. The molecule has 3 N–H and O–H groups in total. The number of aliphatic carboxylic acids is 1. The van der Waals surface area contributed by atoms with Gasteiger partial charge in [-0.3, -0.25) is 14.4 Å². The van der Waals surface area contributed by atoms with Gasteiger partial charge in [0, 0.05) is 23.9 Å². The van der Waals surface area contributed by atoms with Crippen LogP contribution in [0.4, 0.5) is 5.00 Å². The molecule has 0 saturated heterocycles. The zero-order chi connectivity index (χ0) is 17.5. The van der Waals surface area contributed by atoms with Gasteiger partial charge >= 0.3 is 5.97 Å². The Balaban J connectivity index is 2.33. The average Bonchev–Trinajstić information content (AvgIpc) is 2.98. The van der Waals surface area contributed by atoms with Crippen molar-refractivity contribution < 1.29 is 19.5 Å². The number of nitrogens with one attached hydrogen (secondary N) is 2. The van der Waals surface area contributed by atoms with Crippen LogP contribution in [-0.2, 0) is 9.59 Å². The molecule has 2 aromatic rings. The van der Waals surface area contributed by atoms with Crippen LogP contribution < -0.4 is 10.6 Å². The second-order valence-electron chi connectivity index (χ2n) is 5.02. The number of thiophene rings is 1. The van der Waals surface area contributed by atoms with Gasteiger partial charge in [0.25, 0.3) is 5.91 Å². The van der Waals surface area contributed by atoms with Crippen LogP contribution in [0.5, 0.6) is 0 Å². The molecule has 0 aliphatic carbocycles. The number of carbonyl (C=O) groups excluding carboxylic acids is 2. The van der Waals surface area contributed by atoms with Gasteiger partial charge in [-0.05, 0) is 5.56 Å². The summed E-state index contributed by atoms with van der Waals surface area (Å²) in [6.07, 6.45) is 0.145. The lowest BCUT2D eigenvalue weighted by Crippen LogP contribution is -2.27. The predicted molar refractivity (Wildman–Crippen MR) is 93.3 cm³/mol. The van der Waals surface area contributed by atoms with Gasteiger partial charge in [-0.15, -0.1) is 11.3 Å². The molecular formula is C17H18N2O4S. The fourth-order valence-corrected chi connectivity index (χ4v) is 3.07. The van der Waals surface area contributed by atoms with Gasteiger partial charge in [0.15, 0.2) is 0 Å². The molecular weight excluding hydrogens is 328 g/mol. The molecule has 0 atom stereocenters. The molecule has 2 rings (SSSR count). The van der Waals surface area contributed by atoms with Gasteiger partial charge in [0.1, 0.15) is 5.00 Å². The molecule has 1 aromatic heterocycles. The van der Waals surface area contributed by atoms with Gasteiger partial charge in [0.05, 0.1) is 12.0 Å². The van der Waals surface area contributed by atoms with Crippen LogP contribution in [0.1, 0.15) is 30.1 Å². The standard InChI is InChI=1S/C17H18N2O4S/c1-2-13(20)19-17-15(16(23)18-9-8-14(21)22)12(10-24-17)11-6-4-3-5-7-11/h3-7,10H,2,8-9H2,1H3,(H,18,23)(H,19,20)(H,21,22). The lowest BCUT2D eigenvalue weighted by Gasteiger charge is -2.09. The molecule has 0 aliphatic rings. The molecule has 0 bridgehead atoms. The summed E-state index contributed by atoms with van der Waals surface area (Å²) in [5, 5.41) is 16.3. The van der Waals surface area contributed by atoms with E-state index in [9.17, 15) is 14.4 Å². The van der Waals surface area contributed by atoms with E-state index >= 15 is 0 Å². The van der Waals surface area contributed by atoms with Crippen molar-refractivity contribution in [3.05, 3.63) is 41.3 Å². The Morgan fingerprint density at radius 2 is 1.88 bits per heavy atom. The first kappa shape index (κ1) is 17.7. The molecule has 6 nitrogen and oxygen atoms in total. The SMILES string of the molecule is CCC(=O)Nc1scc(-c2ccccc2)c1C(=O)NCCC(=O)O. The summed E-state index contributed by atoms with van der Waals surface area (Å²) in [4.78, 5) is 34.8. The van der Waals surface area contributed by atoms with Crippen LogP contribution in [0, 0.1) is 0 Å². The monoisotopic (exact) mass is 346 g/mol. The minimum Gasteiger partial charge on any atom is -0.481 e. The molecule has 126 valence electrons. The maximum absolute atomic E-state index is 12.5. The molecule has 24 heavy (non-hydrogen) atoms. The number of rotatable bonds is 7. The topological polar surface area (TPSA) is 95.5 Å². The average molecular weight is 346 g/mol. The Kier molecular flexibility index (Phi) is 6.08. The fraction of sp³-hybridized carbons (Fsp3) is 0.235. The van der Waals surface area contributed by atoms with Gasteiger partial charge in [0.2, 0.25) is 5.91 Å². The van der Waals surface area contributed by atoms with Crippen LogP contribution >= 0.6 is 11.3 Å². The van der Waals surface area contributed by atoms with Crippen LogP contribution in [0.25, 0.3) is 11.1 Å². The van der Waals surface area contributed by atoms with Crippen molar-refractivity contribution >= 4 is 34.1 Å². The van der Waals surface area contributed by atoms with Crippen molar-refractivity contribution in [3.8, 4) is 11.1 Å². The van der Waals surface area contributed by atoms with Gasteiger partial charge in [-0.25, -0.2) is 0 Å². The zero-order valence-corrected chi connectivity index (χ0v) is 14.0. The highest BCUT2D eigenvalue weighted by molar-refractivity contribution is 7.15. The number of carbonyl (C=O) groups is 3. The van der Waals surface area contributed by atoms with Crippen molar-refractivity contribution in [2.45, 2.75) is 19.8 Å². The van der Waals surface area contributed by atoms with Crippen molar-refractivity contribution in [2.75, 3.05) is 11.9 Å². The first-order valence-electron chi connectivity index (χ1n) is 7.49. The Hall–Kier alpha value is -2.67. The molecule has 0 unspecified atom stereocenters. The van der Waals surface area contributed by atoms with Gasteiger partial charge < -0.3 is 15.7 Å². The maximum atomic E-state index is 12.5. The Bertz CT molecular complexity index is 740. The van der Waals surface area contributed by atoms with Crippen molar-refractivity contribution in [1.82, 2.24) is 5.32 Å². The summed E-state index contributed by atoms with van der Waals surface area (Å²) in [5.74, 6) is -1.57. The number of amides is 2. The highest BCUT2D eigenvalue weighted by atomic mass is 32.1. The lowest BCUT2D eigenvalue weighted by atomic mass is 10.0. The van der Waals surface area contributed by atoms with Gasteiger partial charge in [-0.2, -0.15) is 0 Å².